The Labute approximate surface area is 217 Å². The van der Waals surface area contributed by atoms with Crippen LogP contribution in [0.2, 0.25) is 10.0 Å². The SMILES string of the molecule is CNN(C(=O)c1cnn2c(-c3ccc(Cl)cc3)c(-c3ccccc3Cl)cnc12)c1ccc(OC)nc1. The van der Waals surface area contributed by atoms with E-state index in [2.05, 4.69) is 20.5 Å². The lowest BCUT2D eigenvalue weighted by Gasteiger charge is -2.20. The zero-order chi connectivity index (χ0) is 25.2. The molecule has 0 spiro atoms. The molecule has 0 bridgehead atoms. The molecule has 0 radical (unpaired) electrons. The van der Waals surface area contributed by atoms with Crippen LogP contribution in [0.25, 0.3) is 28.0 Å². The minimum atomic E-state index is -0.348. The molecule has 0 aliphatic carbocycles. The first-order valence-electron chi connectivity index (χ1n) is 10.9. The highest BCUT2D eigenvalue weighted by Crippen LogP contribution is 2.36. The number of ether oxygens (including phenoxy) is 1. The summed E-state index contributed by atoms with van der Waals surface area (Å²) in [6.07, 6.45) is 4.75. The molecule has 0 aliphatic heterocycles. The number of aromatic nitrogens is 4. The second kappa shape index (κ2) is 9.94. The van der Waals surface area contributed by atoms with E-state index in [0.717, 1.165) is 22.4 Å². The number of fused-ring (bicyclic) bond motifs is 1. The van der Waals surface area contributed by atoms with Gasteiger partial charge in [0.2, 0.25) is 5.88 Å². The lowest BCUT2D eigenvalue weighted by atomic mass is 10.0. The van der Waals surface area contributed by atoms with Crippen molar-refractivity contribution in [3.05, 3.63) is 94.9 Å². The number of carbonyl (C=O) groups is 1. The van der Waals surface area contributed by atoms with Crippen LogP contribution in [0.3, 0.4) is 0 Å². The second-order valence-electron chi connectivity index (χ2n) is 7.72. The molecule has 3 heterocycles. The molecule has 1 amide bonds. The molecule has 3 aromatic heterocycles. The third kappa shape index (κ3) is 4.26. The van der Waals surface area contributed by atoms with Gasteiger partial charge in [0, 0.05) is 46.0 Å². The zero-order valence-corrected chi connectivity index (χ0v) is 20.8. The smallest absolute Gasteiger partial charge is 0.278 e. The van der Waals surface area contributed by atoms with E-state index in [4.69, 9.17) is 27.9 Å². The minimum Gasteiger partial charge on any atom is -0.481 e. The molecule has 0 unspecified atom stereocenters. The van der Waals surface area contributed by atoms with Crippen molar-refractivity contribution in [3.63, 3.8) is 0 Å². The van der Waals surface area contributed by atoms with Gasteiger partial charge in [-0.2, -0.15) is 5.10 Å². The molecule has 2 aromatic carbocycles. The third-order valence-electron chi connectivity index (χ3n) is 5.65. The number of hydrazine groups is 1. The number of hydrogen-bond acceptors (Lipinski definition) is 6. The number of rotatable bonds is 6. The average molecular weight is 519 g/mol. The van der Waals surface area contributed by atoms with Gasteiger partial charge in [-0.15, -0.1) is 0 Å². The topological polar surface area (TPSA) is 84.7 Å². The first-order valence-corrected chi connectivity index (χ1v) is 11.7. The molecule has 0 atom stereocenters. The molecule has 5 rings (SSSR count). The van der Waals surface area contributed by atoms with Crippen molar-refractivity contribution in [1.29, 1.82) is 0 Å². The molecule has 8 nitrogen and oxygen atoms in total. The van der Waals surface area contributed by atoms with Crippen molar-refractivity contribution in [2.75, 3.05) is 19.2 Å². The van der Waals surface area contributed by atoms with Gasteiger partial charge in [0.25, 0.3) is 5.91 Å². The van der Waals surface area contributed by atoms with E-state index in [9.17, 15) is 4.79 Å². The maximum Gasteiger partial charge on any atom is 0.278 e. The maximum atomic E-state index is 13.6. The van der Waals surface area contributed by atoms with Gasteiger partial charge in [0.15, 0.2) is 5.65 Å². The highest BCUT2D eigenvalue weighted by atomic mass is 35.5. The molecular formula is C26H20Cl2N6O2. The Bertz CT molecular complexity index is 1550. The zero-order valence-electron chi connectivity index (χ0n) is 19.3. The summed E-state index contributed by atoms with van der Waals surface area (Å²) in [5.74, 6) is 0.0964. The van der Waals surface area contributed by atoms with Gasteiger partial charge in [0.1, 0.15) is 5.56 Å². The van der Waals surface area contributed by atoms with E-state index < -0.39 is 0 Å². The first kappa shape index (κ1) is 23.7. The number of carbonyl (C=O) groups excluding carboxylic acids is 1. The van der Waals surface area contributed by atoms with Crippen LogP contribution in [0.4, 0.5) is 5.69 Å². The van der Waals surface area contributed by atoms with Gasteiger partial charge < -0.3 is 4.74 Å². The second-order valence-corrected chi connectivity index (χ2v) is 8.57. The number of amides is 1. The molecule has 5 aromatic rings. The Morgan fingerprint density at radius 2 is 1.72 bits per heavy atom. The normalized spacial score (nSPS) is 11.0. The number of hydrogen-bond donors (Lipinski definition) is 1. The van der Waals surface area contributed by atoms with Crippen LogP contribution >= 0.6 is 23.2 Å². The highest BCUT2D eigenvalue weighted by Gasteiger charge is 2.25. The average Bonchev–Trinajstić information content (AvgIpc) is 3.34. The van der Waals surface area contributed by atoms with Gasteiger partial charge in [-0.1, -0.05) is 53.5 Å². The molecular weight excluding hydrogens is 499 g/mol. The number of halogens is 2. The van der Waals surface area contributed by atoms with Crippen LogP contribution in [0.15, 0.2) is 79.3 Å². The van der Waals surface area contributed by atoms with E-state index in [-0.39, 0.29) is 5.91 Å². The summed E-state index contributed by atoms with van der Waals surface area (Å²) in [7, 11) is 3.18. The number of anilines is 1. The lowest BCUT2D eigenvalue weighted by Crippen LogP contribution is -2.40. The fourth-order valence-corrected chi connectivity index (χ4v) is 4.30. The van der Waals surface area contributed by atoms with E-state index in [1.54, 1.807) is 48.2 Å². The summed E-state index contributed by atoms with van der Waals surface area (Å²) >= 11 is 12.7. The van der Waals surface area contributed by atoms with Gasteiger partial charge in [0.05, 0.1) is 30.9 Å². The Balaban J connectivity index is 1.67. The maximum absolute atomic E-state index is 13.6. The van der Waals surface area contributed by atoms with Crippen molar-refractivity contribution in [3.8, 4) is 28.3 Å². The van der Waals surface area contributed by atoms with E-state index in [1.807, 2.05) is 36.4 Å². The Kier molecular flexibility index (Phi) is 6.56. The molecule has 0 saturated carbocycles. The number of methoxy groups -OCH3 is 1. The largest absolute Gasteiger partial charge is 0.481 e. The summed E-state index contributed by atoms with van der Waals surface area (Å²) < 4.78 is 6.76. The summed E-state index contributed by atoms with van der Waals surface area (Å²) in [6.45, 7) is 0. The van der Waals surface area contributed by atoms with Crippen LogP contribution < -0.4 is 15.2 Å². The van der Waals surface area contributed by atoms with E-state index in [1.165, 1.54) is 18.3 Å². The summed E-state index contributed by atoms with van der Waals surface area (Å²) in [6, 6.07) is 18.3. The van der Waals surface area contributed by atoms with Gasteiger partial charge in [-0.25, -0.2) is 24.9 Å². The van der Waals surface area contributed by atoms with Gasteiger partial charge in [-0.3, -0.25) is 4.79 Å². The number of pyridine rings is 1. The fourth-order valence-electron chi connectivity index (χ4n) is 3.94. The Hall–Kier alpha value is -3.98. The van der Waals surface area contributed by atoms with Crippen molar-refractivity contribution >= 4 is 40.4 Å². The van der Waals surface area contributed by atoms with E-state index in [0.29, 0.717) is 32.8 Å². The molecule has 180 valence electrons. The monoisotopic (exact) mass is 518 g/mol. The first-order chi connectivity index (χ1) is 17.5. The quantitative estimate of drug-likeness (QED) is 0.296. The number of nitrogens with zero attached hydrogens (tertiary/aromatic N) is 5. The number of benzene rings is 2. The van der Waals surface area contributed by atoms with Crippen molar-refractivity contribution < 1.29 is 9.53 Å². The summed E-state index contributed by atoms with van der Waals surface area (Å²) in [5, 5.41) is 7.11. The molecule has 0 saturated heterocycles. The molecule has 0 fully saturated rings. The summed E-state index contributed by atoms with van der Waals surface area (Å²) in [4.78, 5) is 22.4. The third-order valence-corrected chi connectivity index (χ3v) is 6.24. The van der Waals surface area contributed by atoms with Crippen LogP contribution in [-0.4, -0.2) is 39.6 Å². The summed E-state index contributed by atoms with van der Waals surface area (Å²) in [5.41, 5.74) is 7.27. The van der Waals surface area contributed by atoms with Crippen molar-refractivity contribution in [1.82, 2.24) is 25.0 Å². The van der Waals surface area contributed by atoms with Crippen LogP contribution in [-0.2, 0) is 0 Å². The van der Waals surface area contributed by atoms with Crippen molar-refractivity contribution in [2.45, 2.75) is 0 Å². The highest BCUT2D eigenvalue weighted by molar-refractivity contribution is 6.33. The lowest BCUT2D eigenvalue weighted by molar-refractivity contribution is 0.0978. The predicted molar refractivity (Wildman–Crippen MR) is 141 cm³/mol. The predicted octanol–water partition coefficient (Wildman–Crippen LogP) is 5.55. The van der Waals surface area contributed by atoms with E-state index >= 15 is 0 Å². The molecule has 0 aliphatic rings. The van der Waals surface area contributed by atoms with Gasteiger partial charge in [-0.05, 0) is 24.3 Å². The van der Waals surface area contributed by atoms with Crippen LogP contribution in [0.5, 0.6) is 5.88 Å². The molecule has 10 heteroatoms. The minimum absolute atomic E-state index is 0.307. The molecule has 36 heavy (non-hydrogen) atoms. The number of nitrogens with one attached hydrogen (secondary N) is 1. The standard InChI is InChI=1S/C26H20Cl2N6O2/c1-29-33(18-11-12-23(36-2)30-13-18)26(35)21-15-32-34-24(16-7-9-17(27)10-8-16)20(14-31-25(21)34)19-5-3-4-6-22(19)28/h3-15,29H,1-2H3. The Morgan fingerprint density at radius 3 is 2.39 bits per heavy atom. The van der Waals surface area contributed by atoms with Crippen LogP contribution in [0.1, 0.15) is 10.4 Å². The fraction of sp³-hybridized carbons (Fsp3) is 0.0769. The van der Waals surface area contributed by atoms with Crippen molar-refractivity contribution in [2.24, 2.45) is 0 Å². The van der Waals surface area contributed by atoms with Gasteiger partial charge >= 0.3 is 0 Å². The van der Waals surface area contributed by atoms with Crippen LogP contribution in [0, 0.1) is 0 Å². The Morgan fingerprint density at radius 1 is 0.944 bits per heavy atom. The molecule has 1 N–H and O–H groups in total.